The number of unbranched alkanes of at least 4 members (excludes halogenated alkanes) is 5. The normalized spacial score (nSPS) is 12.7. The van der Waals surface area contributed by atoms with Crippen LogP contribution in [0.2, 0.25) is 0 Å². The van der Waals surface area contributed by atoms with E-state index in [0.29, 0.717) is 12.0 Å². The predicted molar refractivity (Wildman–Crippen MR) is 158 cm³/mol. The summed E-state index contributed by atoms with van der Waals surface area (Å²) in [6.45, 7) is 10.8. The quantitative estimate of drug-likeness (QED) is 0.174. The van der Waals surface area contributed by atoms with Gasteiger partial charge in [0.05, 0.1) is 19.6 Å². The molecule has 0 heterocycles. The topological polar surface area (TPSA) is 134 Å². The highest BCUT2D eigenvalue weighted by molar-refractivity contribution is 5.92. The molecule has 2 atom stereocenters. The summed E-state index contributed by atoms with van der Waals surface area (Å²) in [5.74, 6) is -1.50. The lowest BCUT2D eigenvalue weighted by molar-refractivity contribution is -0.144. The molecule has 0 aromatic heterocycles. The molecule has 3 amide bonds. The number of aliphatic hydroxyl groups excluding tert-OH is 1. The van der Waals surface area contributed by atoms with Crippen LogP contribution in [0.1, 0.15) is 104 Å². The number of carbonyl (C=O) groups excluding carboxylic acids is 4. The van der Waals surface area contributed by atoms with Gasteiger partial charge in [-0.15, -0.1) is 0 Å². The van der Waals surface area contributed by atoms with Gasteiger partial charge in [-0.2, -0.15) is 0 Å². The SMILES string of the molecule is CCCCCCCCN(C(=O)C(CO)NC(=O)OC(C)(C)C)C(C(=O)NCCC(=O)OCC)c1ccc(CC)cc1. The van der Waals surface area contributed by atoms with Gasteiger partial charge in [0.1, 0.15) is 17.7 Å². The molecule has 10 heteroatoms. The van der Waals surface area contributed by atoms with Crippen LogP contribution >= 0.6 is 0 Å². The number of aryl methyl sites for hydroxylation is 1. The summed E-state index contributed by atoms with van der Waals surface area (Å²) in [5, 5.41) is 15.3. The molecule has 1 aromatic rings. The molecule has 0 bridgehead atoms. The third-order valence-electron chi connectivity index (χ3n) is 6.40. The van der Waals surface area contributed by atoms with E-state index >= 15 is 0 Å². The average molecular weight is 578 g/mol. The van der Waals surface area contributed by atoms with Crippen molar-refractivity contribution in [3.63, 3.8) is 0 Å². The Morgan fingerprint density at radius 3 is 2.15 bits per heavy atom. The zero-order valence-corrected chi connectivity index (χ0v) is 25.8. The highest BCUT2D eigenvalue weighted by Gasteiger charge is 2.36. The maximum atomic E-state index is 13.9. The van der Waals surface area contributed by atoms with Gasteiger partial charge in [0.2, 0.25) is 11.8 Å². The first-order valence-corrected chi connectivity index (χ1v) is 14.9. The largest absolute Gasteiger partial charge is 0.466 e. The molecule has 0 saturated carbocycles. The highest BCUT2D eigenvalue weighted by Crippen LogP contribution is 2.24. The van der Waals surface area contributed by atoms with E-state index in [0.717, 1.165) is 44.1 Å². The average Bonchev–Trinajstić information content (AvgIpc) is 2.92. The van der Waals surface area contributed by atoms with Crippen LogP contribution in [-0.4, -0.2) is 71.8 Å². The van der Waals surface area contributed by atoms with Gasteiger partial charge < -0.3 is 30.1 Å². The van der Waals surface area contributed by atoms with Crippen molar-refractivity contribution in [2.24, 2.45) is 0 Å². The Balaban J connectivity index is 3.33. The molecule has 0 fully saturated rings. The summed E-state index contributed by atoms with van der Waals surface area (Å²) in [6, 6.07) is 5.08. The van der Waals surface area contributed by atoms with E-state index in [4.69, 9.17) is 9.47 Å². The fourth-order valence-electron chi connectivity index (χ4n) is 4.29. The van der Waals surface area contributed by atoms with Gasteiger partial charge >= 0.3 is 12.1 Å². The van der Waals surface area contributed by atoms with E-state index in [1.165, 1.54) is 4.90 Å². The van der Waals surface area contributed by atoms with Gasteiger partial charge in [0, 0.05) is 13.1 Å². The van der Waals surface area contributed by atoms with E-state index in [9.17, 15) is 24.3 Å². The van der Waals surface area contributed by atoms with Gasteiger partial charge in [0.15, 0.2) is 0 Å². The van der Waals surface area contributed by atoms with Crippen molar-refractivity contribution >= 4 is 23.9 Å². The van der Waals surface area contributed by atoms with E-state index in [1.54, 1.807) is 27.7 Å². The number of rotatable bonds is 18. The first kappa shape index (κ1) is 35.9. The van der Waals surface area contributed by atoms with E-state index < -0.39 is 48.2 Å². The lowest BCUT2D eigenvalue weighted by Gasteiger charge is -2.34. The Morgan fingerprint density at radius 1 is 0.951 bits per heavy atom. The second kappa shape index (κ2) is 19.1. The van der Waals surface area contributed by atoms with Crippen molar-refractivity contribution in [1.29, 1.82) is 0 Å². The molecule has 232 valence electrons. The molecule has 0 aliphatic heterocycles. The van der Waals surface area contributed by atoms with Crippen LogP contribution in [0.4, 0.5) is 4.79 Å². The minimum Gasteiger partial charge on any atom is -0.466 e. The first-order chi connectivity index (χ1) is 19.5. The third kappa shape index (κ3) is 13.9. The number of esters is 1. The zero-order valence-electron chi connectivity index (χ0n) is 25.8. The van der Waals surface area contributed by atoms with E-state index in [-0.39, 0.29) is 26.1 Å². The lowest BCUT2D eigenvalue weighted by atomic mass is 10.00. The minimum atomic E-state index is -1.31. The third-order valence-corrected chi connectivity index (χ3v) is 6.40. The van der Waals surface area contributed by atoms with Crippen LogP contribution in [-0.2, 0) is 30.3 Å². The number of benzene rings is 1. The summed E-state index contributed by atoms with van der Waals surface area (Å²) in [5.41, 5.74) is 0.862. The molecule has 10 nitrogen and oxygen atoms in total. The van der Waals surface area contributed by atoms with Gasteiger partial charge in [0.25, 0.3) is 0 Å². The summed E-state index contributed by atoms with van der Waals surface area (Å²) < 4.78 is 10.3. The summed E-state index contributed by atoms with van der Waals surface area (Å²) in [6.07, 6.45) is 5.78. The van der Waals surface area contributed by atoms with E-state index in [1.807, 2.05) is 31.2 Å². The Labute approximate surface area is 245 Å². The predicted octanol–water partition coefficient (Wildman–Crippen LogP) is 4.43. The van der Waals surface area contributed by atoms with Crippen molar-refractivity contribution in [3.8, 4) is 0 Å². The number of amides is 3. The van der Waals surface area contributed by atoms with Crippen molar-refractivity contribution in [2.75, 3.05) is 26.3 Å². The second-order valence-electron chi connectivity index (χ2n) is 11.0. The Bertz CT molecular complexity index is 944. The monoisotopic (exact) mass is 577 g/mol. The fourth-order valence-corrected chi connectivity index (χ4v) is 4.29. The number of alkyl carbamates (subject to hydrolysis) is 1. The van der Waals surface area contributed by atoms with Crippen molar-refractivity contribution < 1.29 is 33.8 Å². The molecule has 41 heavy (non-hydrogen) atoms. The lowest BCUT2D eigenvalue weighted by Crippen LogP contribution is -2.54. The molecule has 1 aromatic carbocycles. The van der Waals surface area contributed by atoms with Crippen molar-refractivity contribution in [2.45, 2.75) is 111 Å². The van der Waals surface area contributed by atoms with Crippen LogP contribution < -0.4 is 10.6 Å². The first-order valence-electron chi connectivity index (χ1n) is 14.9. The molecular formula is C31H51N3O7. The van der Waals surface area contributed by atoms with Crippen LogP contribution in [0.3, 0.4) is 0 Å². The van der Waals surface area contributed by atoms with Crippen LogP contribution in [0.25, 0.3) is 0 Å². The summed E-state index contributed by atoms with van der Waals surface area (Å²) >= 11 is 0. The molecule has 0 spiro atoms. The van der Waals surface area contributed by atoms with Crippen molar-refractivity contribution in [1.82, 2.24) is 15.5 Å². The van der Waals surface area contributed by atoms with Crippen LogP contribution in [0.5, 0.6) is 0 Å². The number of aliphatic hydroxyl groups is 1. The maximum absolute atomic E-state index is 13.9. The number of nitrogens with one attached hydrogen (secondary N) is 2. The maximum Gasteiger partial charge on any atom is 0.408 e. The molecule has 0 radical (unpaired) electrons. The fraction of sp³-hybridized carbons (Fsp3) is 0.677. The van der Waals surface area contributed by atoms with Gasteiger partial charge in [-0.05, 0) is 51.7 Å². The van der Waals surface area contributed by atoms with Gasteiger partial charge in [-0.25, -0.2) is 4.79 Å². The summed E-state index contributed by atoms with van der Waals surface area (Å²) in [4.78, 5) is 53.3. The van der Waals surface area contributed by atoms with Gasteiger partial charge in [-0.1, -0.05) is 70.2 Å². The van der Waals surface area contributed by atoms with Crippen LogP contribution in [0.15, 0.2) is 24.3 Å². The van der Waals surface area contributed by atoms with Crippen molar-refractivity contribution in [3.05, 3.63) is 35.4 Å². The molecule has 0 aliphatic carbocycles. The Morgan fingerprint density at radius 2 is 1.59 bits per heavy atom. The molecular weight excluding hydrogens is 526 g/mol. The molecule has 1 rings (SSSR count). The molecule has 0 saturated heterocycles. The smallest absolute Gasteiger partial charge is 0.408 e. The second-order valence-corrected chi connectivity index (χ2v) is 11.0. The van der Waals surface area contributed by atoms with Crippen LogP contribution in [0, 0.1) is 0 Å². The number of nitrogens with zero attached hydrogens (tertiary/aromatic N) is 1. The standard InChI is InChI=1S/C31H51N3O7/c1-7-10-11-12-13-14-21-34(29(38)25(22-35)33-30(39)41-31(4,5)6)27(24-17-15-23(8-2)16-18-24)28(37)32-20-19-26(36)40-9-3/h15-18,25,27,35H,7-14,19-22H2,1-6H3,(H,32,37)(H,33,39). The highest BCUT2D eigenvalue weighted by atomic mass is 16.6. The minimum absolute atomic E-state index is 0.00802. The van der Waals surface area contributed by atoms with E-state index in [2.05, 4.69) is 17.6 Å². The molecule has 2 unspecified atom stereocenters. The van der Waals surface area contributed by atoms with Gasteiger partial charge in [-0.3, -0.25) is 14.4 Å². The number of ether oxygens (including phenoxy) is 2. The zero-order chi connectivity index (χ0) is 30.8. The Kier molecular flexibility index (Phi) is 16.7. The number of hydrogen-bond acceptors (Lipinski definition) is 7. The number of hydrogen-bond donors (Lipinski definition) is 3. The Hall–Kier alpha value is -3.14. The molecule has 0 aliphatic rings. The summed E-state index contributed by atoms with van der Waals surface area (Å²) in [7, 11) is 0. The molecule has 3 N–H and O–H groups in total. The number of carbonyl (C=O) groups is 4.